The van der Waals surface area contributed by atoms with Crippen LogP contribution in [0.3, 0.4) is 0 Å². The molecule has 0 saturated carbocycles. The van der Waals surface area contributed by atoms with Gasteiger partial charge in [0.25, 0.3) is 0 Å². The molecule has 0 aliphatic carbocycles. The second-order valence-corrected chi connectivity index (χ2v) is 8.94. The van der Waals surface area contributed by atoms with Crippen LogP contribution in [-0.4, -0.2) is 34.8 Å². The van der Waals surface area contributed by atoms with E-state index in [1.807, 2.05) is 59.6 Å². The average molecular weight is 452 g/mol. The molecule has 0 fully saturated rings. The zero-order chi connectivity index (χ0) is 23.5. The Balaban J connectivity index is 1.38. The third kappa shape index (κ3) is 4.34. The van der Waals surface area contributed by atoms with Gasteiger partial charge in [0.05, 0.1) is 12.5 Å². The summed E-state index contributed by atoms with van der Waals surface area (Å²) < 4.78 is 0. The first-order valence-electron chi connectivity index (χ1n) is 11.8. The zero-order valence-corrected chi connectivity index (χ0v) is 19.3. The molecular formula is C29H29N3O2. The van der Waals surface area contributed by atoms with Crippen LogP contribution in [0.15, 0.2) is 85.1 Å². The minimum atomic E-state index is -0.231. The lowest BCUT2D eigenvalue weighted by atomic mass is 9.89. The highest BCUT2D eigenvalue weighted by molar-refractivity contribution is 5.84. The van der Waals surface area contributed by atoms with Crippen molar-refractivity contribution in [2.24, 2.45) is 0 Å². The van der Waals surface area contributed by atoms with Crippen LogP contribution in [0, 0.1) is 0 Å². The normalized spacial score (nSPS) is 16.1. The summed E-state index contributed by atoms with van der Waals surface area (Å²) in [6.07, 6.45) is 3.12. The van der Waals surface area contributed by atoms with Crippen LogP contribution in [0.1, 0.15) is 47.6 Å². The van der Waals surface area contributed by atoms with Gasteiger partial charge in [-0.25, -0.2) is 0 Å². The summed E-state index contributed by atoms with van der Waals surface area (Å²) in [5.41, 5.74) is 5.70. The highest BCUT2D eigenvalue weighted by Gasteiger charge is 2.31. The van der Waals surface area contributed by atoms with Crippen molar-refractivity contribution in [3.8, 4) is 0 Å². The van der Waals surface area contributed by atoms with Gasteiger partial charge in [0.2, 0.25) is 11.8 Å². The Hall–Kier alpha value is -3.86. The van der Waals surface area contributed by atoms with Crippen LogP contribution < -0.4 is 5.32 Å². The van der Waals surface area contributed by atoms with E-state index in [4.69, 9.17) is 0 Å². The maximum Gasteiger partial charge on any atom is 0.222 e. The first-order valence-corrected chi connectivity index (χ1v) is 11.8. The number of nitrogens with zero attached hydrogens (tertiary/aromatic N) is 1. The quantitative estimate of drug-likeness (QED) is 0.436. The Kier molecular flexibility index (Phi) is 6.17. The number of benzene rings is 3. The monoisotopic (exact) mass is 451 g/mol. The number of rotatable bonds is 6. The Bertz CT molecular complexity index is 1310. The molecule has 34 heavy (non-hydrogen) atoms. The lowest BCUT2D eigenvalue weighted by Crippen LogP contribution is -2.41. The van der Waals surface area contributed by atoms with Crippen molar-refractivity contribution in [2.75, 3.05) is 13.1 Å². The van der Waals surface area contributed by atoms with Crippen molar-refractivity contribution >= 4 is 22.7 Å². The van der Waals surface area contributed by atoms with E-state index in [1.165, 1.54) is 5.56 Å². The molecule has 5 rings (SSSR count). The molecule has 2 N–H and O–H groups in total. The second-order valence-electron chi connectivity index (χ2n) is 8.94. The van der Waals surface area contributed by atoms with Gasteiger partial charge >= 0.3 is 0 Å². The SMILES string of the molecule is CC(=O)N1CCc2ccccc2C1CC(=O)NCC(c1ccccc1)c1c[nH]c2ccccc12. The summed E-state index contributed by atoms with van der Waals surface area (Å²) in [6, 6.07) is 26.4. The number of para-hydroxylation sites is 1. The Labute approximate surface area is 199 Å². The molecule has 0 spiro atoms. The first-order chi connectivity index (χ1) is 16.6. The molecule has 4 aromatic rings. The Morgan fingerprint density at radius 1 is 1.00 bits per heavy atom. The first kappa shape index (κ1) is 22.0. The van der Waals surface area contributed by atoms with Crippen molar-refractivity contribution in [1.29, 1.82) is 0 Å². The zero-order valence-electron chi connectivity index (χ0n) is 19.3. The van der Waals surface area contributed by atoms with Gasteiger partial charge in [-0.2, -0.15) is 0 Å². The molecule has 1 aromatic heterocycles. The third-order valence-electron chi connectivity index (χ3n) is 6.90. The summed E-state index contributed by atoms with van der Waals surface area (Å²) in [5.74, 6) is -0.0224. The van der Waals surface area contributed by atoms with Crippen LogP contribution in [0.25, 0.3) is 10.9 Å². The van der Waals surface area contributed by atoms with E-state index in [9.17, 15) is 9.59 Å². The van der Waals surface area contributed by atoms with E-state index in [-0.39, 0.29) is 30.2 Å². The third-order valence-corrected chi connectivity index (χ3v) is 6.90. The van der Waals surface area contributed by atoms with Gasteiger partial charge in [0.15, 0.2) is 0 Å². The van der Waals surface area contributed by atoms with Crippen LogP contribution in [0.5, 0.6) is 0 Å². The molecule has 0 bridgehead atoms. The molecular weight excluding hydrogens is 422 g/mol. The fourth-order valence-electron chi connectivity index (χ4n) is 5.19. The summed E-state index contributed by atoms with van der Waals surface area (Å²) >= 11 is 0. The summed E-state index contributed by atoms with van der Waals surface area (Å²) in [7, 11) is 0. The summed E-state index contributed by atoms with van der Waals surface area (Å²) in [5, 5.41) is 4.34. The number of hydrogen-bond acceptors (Lipinski definition) is 2. The van der Waals surface area contributed by atoms with Crippen molar-refractivity contribution in [1.82, 2.24) is 15.2 Å². The van der Waals surface area contributed by atoms with Gasteiger partial charge in [-0.1, -0.05) is 72.8 Å². The topological polar surface area (TPSA) is 65.2 Å². The van der Waals surface area contributed by atoms with E-state index in [0.717, 1.165) is 34.0 Å². The van der Waals surface area contributed by atoms with E-state index in [1.54, 1.807) is 6.92 Å². The number of carbonyl (C=O) groups is 2. The molecule has 1 aliphatic rings. The predicted molar refractivity (Wildman–Crippen MR) is 134 cm³/mol. The number of amides is 2. The smallest absolute Gasteiger partial charge is 0.222 e. The van der Waals surface area contributed by atoms with Gasteiger partial charge in [-0.05, 0) is 34.7 Å². The van der Waals surface area contributed by atoms with E-state index in [0.29, 0.717) is 13.1 Å². The standard InChI is InChI=1S/C29H29N3O2/c1-20(33)32-16-15-22-11-5-6-12-23(22)28(32)17-29(34)31-18-25(21-9-3-2-4-10-21)26-19-30-27-14-8-7-13-24(26)27/h2-14,19,25,28,30H,15-18H2,1H3,(H,31,34). The van der Waals surface area contributed by atoms with Gasteiger partial charge in [0.1, 0.15) is 0 Å². The molecule has 2 unspecified atom stereocenters. The molecule has 5 nitrogen and oxygen atoms in total. The molecule has 0 radical (unpaired) electrons. The maximum atomic E-state index is 13.2. The lowest BCUT2D eigenvalue weighted by molar-refractivity contribution is -0.133. The number of nitrogens with one attached hydrogen (secondary N) is 2. The predicted octanol–water partition coefficient (Wildman–Crippen LogP) is 4.95. The van der Waals surface area contributed by atoms with Crippen LogP contribution in [-0.2, 0) is 16.0 Å². The number of carbonyl (C=O) groups excluding carboxylic acids is 2. The van der Waals surface area contributed by atoms with Crippen LogP contribution >= 0.6 is 0 Å². The van der Waals surface area contributed by atoms with Crippen molar-refractivity contribution < 1.29 is 9.59 Å². The minimum Gasteiger partial charge on any atom is -0.361 e. The van der Waals surface area contributed by atoms with Gasteiger partial charge < -0.3 is 15.2 Å². The highest BCUT2D eigenvalue weighted by Crippen LogP contribution is 2.33. The van der Waals surface area contributed by atoms with E-state index in [2.05, 4.69) is 40.6 Å². The summed E-state index contributed by atoms with van der Waals surface area (Å²) in [6.45, 7) is 2.71. The number of hydrogen-bond donors (Lipinski definition) is 2. The minimum absolute atomic E-state index is 0.00765. The molecule has 5 heteroatoms. The molecule has 1 aliphatic heterocycles. The van der Waals surface area contributed by atoms with Crippen molar-refractivity contribution in [2.45, 2.75) is 31.7 Å². The largest absolute Gasteiger partial charge is 0.361 e. The summed E-state index contributed by atoms with van der Waals surface area (Å²) in [4.78, 5) is 30.7. The fraction of sp³-hybridized carbons (Fsp3) is 0.241. The van der Waals surface area contributed by atoms with E-state index < -0.39 is 0 Å². The highest BCUT2D eigenvalue weighted by atomic mass is 16.2. The average Bonchev–Trinajstić information content (AvgIpc) is 3.29. The van der Waals surface area contributed by atoms with Gasteiger partial charge in [-0.15, -0.1) is 0 Å². The molecule has 2 heterocycles. The van der Waals surface area contributed by atoms with Crippen molar-refractivity contribution in [3.63, 3.8) is 0 Å². The lowest BCUT2D eigenvalue weighted by Gasteiger charge is -2.36. The Morgan fingerprint density at radius 3 is 2.56 bits per heavy atom. The molecule has 2 amide bonds. The van der Waals surface area contributed by atoms with Crippen molar-refractivity contribution in [3.05, 3.63) is 107 Å². The van der Waals surface area contributed by atoms with Crippen LogP contribution in [0.4, 0.5) is 0 Å². The molecule has 3 aromatic carbocycles. The second kappa shape index (κ2) is 9.56. The fourth-order valence-corrected chi connectivity index (χ4v) is 5.19. The molecule has 0 saturated heterocycles. The van der Waals surface area contributed by atoms with Crippen LogP contribution in [0.2, 0.25) is 0 Å². The van der Waals surface area contributed by atoms with Gasteiger partial charge in [0, 0.05) is 43.0 Å². The Morgan fingerprint density at radius 2 is 1.74 bits per heavy atom. The molecule has 172 valence electrons. The van der Waals surface area contributed by atoms with Gasteiger partial charge in [-0.3, -0.25) is 9.59 Å². The van der Waals surface area contributed by atoms with E-state index >= 15 is 0 Å². The maximum absolute atomic E-state index is 13.2. The number of aromatic amines is 1. The molecule has 2 atom stereocenters. The number of H-pyrrole nitrogens is 1. The number of fused-ring (bicyclic) bond motifs is 2. The number of aromatic nitrogens is 1.